The lowest BCUT2D eigenvalue weighted by atomic mass is 9.82. The molecule has 3 atom stereocenters. The Hall–Kier alpha value is -2.91. The van der Waals surface area contributed by atoms with Crippen LogP contribution in [0.3, 0.4) is 0 Å². The summed E-state index contributed by atoms with van der Waals surface area (Å²) in [6, 6.07) is 7.61. The number of carbonyl (C=O) groups excluding carboxylic acids is 2. The number of halogens is 3. The molecule has 3 aliphatic rings. The van der Waals surface area contributed by atoms with Gasteiger partial charge in [-0.2, -0.15) is 0 Å². The van der Waals surface area contributed by atoms with Gasteiger partial charge in [0.05, 0.1) is 11.5 Å². The smallest absolute Gasteiger partial charge is 0.256 e. The molecule has 1 aliphatic carbocycles. The molecule has 1 saturated carbocycles. The lowest BCUT2D eigenvalue weighted by Gasteiger charge is -2.46. The normalized spacial score (nSPS) is 25.6. The van der Waals surface area contributed by atoms with E-state index in [4.69, 9.17) is 0 Å². The number of amides is 2. The van der Waals surface area contributed by atoms with Crippen LogP contribution in [0.4, 0.5) is 13.2 Å². The number of hydrogen-bond donors (Lipinski definition) is 2. The lowest BCUT2D eigenvalue weighted by molar-refractivity contribution is -0.134. The van der Waals surface area contributed by atoms with E-state index in [-0.39, 0.29) is 29.7 Å². The van der Waals surface area contributed by atoms with Crippen LogP contribution >= 0.6 is 0 Å². The second-order valence-electron chi connectivity index (χ2n) is 9.23. The number of benzene rings is 2. The van der Waals surface area contributed by atoms with E-state index in [2.05, 4.69) is 15.5 Å². The molecule has 2 aromatic rings. The predicted molar refractivity (Wildman–Crippen MR) is 120 cm³/mol. The molecule has 3 fully saturated rings. The topological polar surface area (TPSA) is 64.7 Å². The van der Waals surface area contributed by atoms with Crippen molar-refractivity contribution in [2.75, 3.05) is 26.2 Å². The van der Waals surface area contributed by atoms with Gasteiger partial charge in [0, 0.05) is 32.2 Å². The van der Waals surface area contributed by atoms with Gasteiger partial charge in [-0.25, -0.2) is 13.2 Å². The van der Waals surface area contributed by atoms with E-state index in [9.17, 15) is 22.8 Å². The first-order valence-electron chi connectivity index (χ1n) is 11.8. The summed E-state index contributed by atoms with van der Waals surface area (Å²) in [4.78, 5) is 29.2. The summed E-state index contributed by atoms with van der Waals surface area (Å²) >= 11 is 0. The fourth-order valence-corrected chi connectivity index (χ4v) is 5.22. The van der Waals surface area contributed by atoms with E-state index < -0.39 is 23.4 Å². The maximum absolute atomic E-state index is 14.8. The van der Waals surface area contributed by atoms with Crippen molar-refractivity contribution in [3.05, 3.63) is 59.4 Å². The molecule has 2 aromatic carbocycles. The Balaban J connectivity index is 1.22. The zero-order valence-corrected chi connectivity index (χ0v) is 18.7. The van der Waals surface area contributed by atoms with E-state index in [1.807, 2.05) is 0 Å². The van der Waals surface area contributed by atoms with Crippen LogP contribution in [-0.4, -0.2) is 60.1 Å². The average Bonchev–Trinajstić information content (AvgIpc) is 2.85. The van der Waals surface area contributed by atoms with Crippen LogP contribution in [0.25, 0.3) is 11.1 Å². The first-order chi connectivity index (χ1) is 16.4. The molecule has 2 aliphatic heterocycles. The van der Waals surface area contributed by atoms with E-state index in [1.54, 1.807) is 4.90 Å². The average molecular weight is 473 g/mol. The second kappa shape index (κ2) is 9.38. The SMILES string of the molecule is O=C1NC(N2CCN(C(=O)c3ccc(-c4ccc(F)c(F)c4)cc3F)CC2)NC2CCCCC12. The van der Waals surface area contributed by atoms with Gasteiger partial charge in [-0.15, -0.1) is 0 Å². The molecule has 3 unspecified atom stereocenters. The molecule has 2 heterocycles. The Kier molecular flexibility index (Phi) is 6.31. The van der Waals surface area contributed by atoms with Gasteiger partial charge in [-0.1, -0.05) is 25.0 Å². The number of nitrogens with one attached hydrogen (secondary N) is 2. The Morgan fingerprint density at radius 2 is 1.53 bits per heavy atom. The molecule has 2 N–H and O–H groups in total. The number of rotatable bonds is 3. The molecular formula is C25H27F3N4O2. The van der Waals surface area contributed by atoms with E-state index in [1.165, 1.54) is 18.2 Å². The molecule has 34 heavy (non-hydrogen) atoms. The summed E-state index contributed by atoms with van der Waals surface area (Å²) in [5.41, 5.74) is 0.625. The maximum atomic E-state index is 14.8. The van der Waals surface area contributed by atoms with E-state index in [0.717, 1.165) is 43.9 Å². The monoisotopic (exact) mass is 472 g/mol. The van der Waals surface area contributed by atoms with Crippen molar-refractivity contribution >= 4 is 11.8 Å². The summed E-state index contributed by atoms with van der Waals surface area (Å²) in [5, 5.41) is 6.61. The van der Waals surface area contributed by atoms with Gasteiger partial charge in [-0.05, 0) is 48.2 Å². The molecule has 0 spiro atoms. The van der Waals surface area contributed by atoms with Gasteiger partial charge in [0.25, 0.3) is 5.91 Å². The first kappa shape index (κ1) is 22.9. The van der Waals surface area contributed by atoms with Crippen molar-refractivity contribution < 1.29 is 22.8 Å². The van der Waals surface area contributed by atoms with E-state index in [0.29, 0.717) is 37.3 Å². The summed E-state index contributed by atoms with van der Waals surface area (Å²) in [7, 11) is 0. The van der Waals surface area contributed by atoms with Crippen molar-refractivity contribution in [1.82, 2.24) is 20.4 Å². The van der Waals surface area contributed by atoms with Crippen LogP contribution in [0.1, 0.15) is 36.0 Å². The third kappa shape index (κ3) is 4.42. The fraction of sp³-hybridized carbons (Fsp3) is 0.440. The van der Waals surface area contributed by atoms with Gasteiger partial charge in [-0.3, -0.25) is 19.8 Å². The first-order valence-corrected chi connectivity index (χ1v) is 11.8. The highest BCUT2D eigenvalue weighted by atomic mass is 19.2. The Morgan fingerprint density at radius 3 is 2.24 bits per heavy atom. The number of fused-ring (bicyclic) bond motifs is 1. The van der Waals surface area contributed by atoms with Crippen molar-refractivity contribution in [2.24, 2.45) is 5.92 Å². The number of piperazine rings is 1. The second-order valence-corrected chi connectivity index (χ2v) is 9.23. The third-order valence-corrected chi connectivity index (χ3v) is 7.17. The Morgan fingerprint density at radius 1 is 0.853 bits per heavy atom. The van der Waals surface area contributed by atoms with Gasteiger partial charge >= 0.3 is 0 Å². The standard InChI is InChI=1S/C25H27F3N4O2/c26-19-8-6-16(14-21(19)28)15-5-7-17(20(27)13-15)24(34)31-9-11-32(12-10-31)25-29-22-4-2-1-3-18(22)23(33)30-25/h5-8,13-14,18,22,25,29H,1-4,9-12H2,(H,30,33). The molecular weight excluding hydrogens is 445 g/mol. The van der Waals surface area contributed by atoms with Crippen molar-refractivity contribution in [3.63, 3.8) is 0 Å². The summed E-state index contributed by atoms with van der Waals surface area (Å²) < 4.78 is 41.5. The predicted octanol–water partition coefficient (Wildman–Crippen LogP) is 3.09. The Labute approximate surface area is 196 Å². The molecule has 0 radical (unpaired) electrons. The van der Waals surface area contributed by atoms with Gasteiger partial charge in [0.2, 0.25) is 5.91 Å². The van der Waals surface area contributed by atoms with E-state index >= 15 is 0 Å². The highest BCUT2D eigenvalue weighted by Crippen LogP contribution is 2.28. The molecule has 5 rings (SSSR count). The third-order valence-electron chi connectivity index (χ3n) is 7.17. The largest absolute Gasteiger partial charge is 0.336 e. The van der Waals surface area contributed by atoms with Crippen molar-refractivity contribution in [3.8, 4) is 11.1 Å². The van der Waals surface area contributed by atoms with Crippen LogP contribution in [-0.2, 0) is 4.79 Å². The minimum Gasteiger partial charge on any atom is -0.336 e. The van der Waals surface area contributed by atoms with Crippen LogP contribution in [0.5, 0.6) is 0 Å². The molecule has 2 amide bonds. The molecule has 9 heteroatoms. The van der Waals surface area contributed by atoms with Crippen LogP contribution in [0.2, 0.25) is 0 Å². The quantitative estimate of drug-likeness (QED) is 0.721. The zero-order chi connectivity index (χ0) is 23.8. The lowest BCUT2D eigenvalue weighted by Crippen LogP contribution is -2.69. The summed E-state index contributed by atoms with van der Waals surface area (Å²) in [6.45, 7) is 1.92. The highest BCUT2D eigenvalue weighted by molar-refractivity contribution is 5.95. The van der Waals surface area contributed by atoms with Crippen LogP contribution < -0.4 is 10.6 Å². The number of carbonyl (C=O) groups is 2. The van der Waals surface area contributed by atoms with Crippen LogP contribution in [0.15, 0.2) is 36.4 Å². The van der Waals surface area contributed by atoms with Crippen molar-refractivity contribution in [1.29, 1.82) is 0 Å². The fourth-order valence-electron chi connectivity index (χ4n) is 5.22. The minimum atomic E-state index is -1.02. The summed E-state index contributed by atoms with van der Waals surface area (Å²) in [6.07, 6.45) is 3.86. The molecule has 2 saturated heterocycles. The highest BCUT2D eigenvalue weighted by Gasteiger charge is 2.40. The zero-order valence-electron chi connectivity index (χ0n) is 18.7. The van der Waals surface area contributed by atoms with Crippen molar-refractivity contribution in [2.45, 2.75) is 38.0 Å². The number of nitrogens with zero attached hydrogens (tertiary/aromatic N) is 2. The molecule has 6 nitrogen and oxygen atoms in total. The molecule has 180 valence electrons. The Bertz CT molecular complexity index is 1100. The number of hydrogen-bond acceptors (Lipinski definition) is 4. The van der Waals surface area contributed by atoms with Gasteiger partial charge in [0.1, 0.15) is 12.1 Å². The molecule has 0 bridgehead atoms. The maximum Gasteiger partial charge on any atom is 0.256 e. The van der Waals surface area contributed by atoms with Gasteiger partial charge < -0.3 is 10.2 Å². The minimum absolute atomic E-state index is 0.0326. The molecule has 0 aromatic heterocycles. The van der Waals surface area contributed by atoms with Gasteiger partial charge in [0.15, 0.2) is 11.6 Å². The summed E-state index contributed by atoms with van der Waals surface area (Å²) in [5.74, 6) is -2.99. The van der Waals surface area contributed by atoms with Crippen LogP contribution in [0, 0.1) is 23.4 Å².